The van der Waals surface area contributed by atoms with Gasteiger partial charge in [-0.2, -0.15) is 0 Å². The molecule has 0 saturated heterocycles. The number of anilines is 2. The van der Waals surface area contributed by atoms with Gasteiger partial charge in [0, 0.05) is 28.7 Å². The molecule has 0 fully saturated rings. The van der Waals surface area contributed by atoms with Crippen molar-refractivity contribution >= 4 is 33.2 Å². The van der Waals surface area contributed by atoms with E-state index in [1.165, 1.54) is 28.2 Å². The summed E-state index contributed by atoms with van der Waals surface area (Å²) >= 11 is 0. The fourth-order valence-corrected chi connectivity index (χ4v) is 2.69. The molecule has 3 aromatic rings. The van der Waals surface area contributed by atoms with Crippen molar-refractivity contribution in [2.24, 2.45) is 0 Å². The van der Waals surface area contributed by atoms with E-state index in [2.05, 4.69) is 35.8 Å². The molecule has 1 heterocycles. The fraction of sp³-hybridized carbons (Fsp3) is 0.250. The average Bonchev–Trinajstić information content (AvgIpc) is 2.68. The van der Waals surface area contributed by atoms with Gasteiger partial charge in [0.05, 0.1) is 11.0 Å². The Morgan fingerprint density at radius 2 is 1.42 bits per heavy atom. The molecule has 0 amide bonds. The summed E-state index contributed by atoms with van der Waals surface area (Å²) in [4.78, 5) is 0. The molecular formula is C16H19N3. The molecule has 19 heavy (non-hydrogen) atoms. The third-order valence-electron chi connectivity index (χ3n) is 3.65. The second-order valence-electron chi connectivity index (χ2n) is 5.06. The van der Waals surface area contributed by atoms with Crippen molar-refractivity contribution in [1.29, 1.82) is 0 Å². The molecule has 0 atom stereocenters. The van der Waals surface area contributed by atoms with Gasteiger partial charge in [-0.25, -0.2) is 0 Å². The summed E-state index contributed by atoms with van der Waals surface area (Å²) in [6.45, 7) is 3.21. The number of nitrogen functional groups attached to an aromatic ring is 2. The Labute approximate surface area is 112 Å². The number of fused-ring (bicyclic) bond motifs is 3. The lowest BCUT2D eigenvalue weighted by molar-refractivity contribution is 0.665. The largest absolute Gasteiger partial charge is 0.399 e. The van der Waals surface area contributed by atoms with Gasteiger partial charge in [0.1, 0.15) is 0 Å². The lowest BCUT2D eigenvalue weighted by atomic mass is 10.1. The number of rotatable bonds is 3. The van der Waals surface area contributed by atoms with Crippen molar-refractivity contribution < 1.29 is 0 Å². The van der Waals surface area contributed by atoms with Gasteiger partial charge in [-0.1, -0.05) is 25.5 Å². The SMILES string of the molecule is CCCCn1c2cc(N)ccc2c2ccc(N)cc21. The zero-order valence-corrected chi connectivity index (χ0v) is 11.2. The van der Waals surface area contributed by atoms with Crippen LogP contribution in [0, 0.1) is 0 Å². The van der Waals surface area contributed by atoms with Crippen LogP contribution in [0.25, 0.3) is 21.8 Å². The Kier molecular flexibility index (Phi) is 2.82. The predicted molar refractivity (Wildman–Crippen MR) is 83.2 cm³/mol. The van der Waals surface area contributed by atoms with E-state index in [1.807, 2.05) is 12.1 Å². The molecule has 0 aliphatic heterocycles. The average molecular weight is 253 g/mol. The molecule has 0 bridgehead atoms. The molecule has 2 aromatic carbocycles. The molecule has 0 unspecified atom stereocenters. The molecular weight excluding hydrogens is 234 g/mol. The summed E-state index contributed by atoms with van der Waals surface area (Å²) in [5.41, 5.74) is 15.9. The van der Waals surface area contributed by atoms with Crippen molar-refractivity contribution in [3.05, 3.63) is 36.4 Å². The van der Waals surface area contributed by atoms with Gasteiger partial charge in [-0.15, -0.1) is 0 Å². The number of unbranched alkanes of at least 4 members (excludes halogenated alkanes) is 1. The lowest BCUT2D eigenvalue weighted by Crippen LogP contribution is -1.98. The van der Waals surface area contributed by atoms with Crippen LogP contribution in [0.1, 0.15) is 19.8 Å². The minimum Gasteiger partial charge on any atom is -0.399 e. The molecule has 3 rings (SSSR count). The number of hydrogen-bond donors (Lipinski definition) is 2. The molecule has 4 N–H and O–H groups in total. The molecule has 98 valence electrons. The van der Waals surface area contributed by atoms with Gasteiger partial charge in [0.25, 0.3) is 0 Å². The highest BCUT2D eigenvalue weighted by molar-refractivity contribution is 6.09. The maximum absolute atomic E-state index is 5.94. The zero-order valence-electron chi connectivity index (χ0n) is 11.2. The first-order valence-corrected chi connectivity index (χ1v) is 6.77. The number of nitrogens with zero attached hydrogens (tertiary/aromatic N) is 1. The molecule has 0 aliphatic carbocycles. The van der Waals surface area contributed by atoms with Crippen LogP contribution in [0.3, 0.4) is 0 Å². The second-order valence-corrected chi connectivity index (χ2v) is 5.06. The molecule has 3 heteroatoms. The summed E-state index contributed by atoms with van der Waals surface area (Å²) in [6.07, 6.45) is 2.33. The Balaban J connectivity index is 2.36. The van der Waals surface area contributed by atoms with Gasteiger partial charge in [0.2, 0.25) is 0 Å². The maximum atomic E-state index is 5.94. The topological polar surface area (TPSA) is 57.0 Å². The summed E-state index contributed by atoms with van der Waals surface area (Å²) < 4.78 is 2.33. The molecule has 0 aliphatic rings. The quantitative estimate of drug-likeness (QED) is 0.698. The number of nitrogens with two attached hydrogens (primary N) is 2. The molecule has 0 spiro atoms. The Morgan fingerprint density at radius 3 is 1.89 bits per heavy atom. The molecule has 0 saturated carbocycles. The van der Waals surface area contributed by atoms with Crippen LogP contribution in [-0.4, -0.2) is 4.57 Å². The van der Waals surface area contributed by atoms with Crippen molar-refractivity contribution in [3.63, 3.8) is 0 Å². The highest BCUT2D eigenvalue weighted by Crippen LogP contribution is 2.31. The van der Waals surface area contributed by atoms with Gasteiger partial charge in [-0.05, 0) is 30.7 Å². The Hall–Kier alpha value is -2.16. The minimum absolute atomic E-state index is 0.807. The molecule has 3 nitrogen and oxygen atoms in total. The van der Waals surface area contributed by atoms with Crippen molar-refractivity contribution in [3.8, 4) is 0 Å². The highest BCUT2D eigenvalue weighted by Gasteiger charge is 2.10. The standard InChI is InChI=1S/C16H19N3/c1-2-3-8-19-15-9-11(17)4-6-13(15)14-7-5-12(18)10-16(14)19/h4-7,9-10H,2-3,8,17-18H2,1H3. The summed E-state index contributed by atoms with van der Waals surface area (Å²) in [5.74, 6) is 0. The van der Waals surface area contributed by atoms with E-state index in [0.717, 1.165) is 24.3 Å². The highest BCUT2D eigenvalue weighted by atomic mass is 15.0. The second kappa shape index (κ2) is 4.50. The maximum Gasteiger partial charge on any atom is 0.0512 e. The van der Waals surface area contributed by atoms with E-state index >= 15 is 0 Å². The summed E-state index contributed by atoms with van der Waals surface area (Å²) in [6, 6.07) is 12.2. The first-order chi connectivity index (χ1) is 9.20. The van der Waals surface area contributed by atoms with E-state index in [1.54, 1.807) is 0 Å². The minimum atomic E-state index is 0.807. The third kappa shape index (κ3) is 1.91. The van der Waals surface area contributed by atoms with Gasteiger partial charge < -0.3 is 16.0 Å². The van der Waals surface area contributed by atoms with Crippen molar-refractivity contribution in [2.45, 2.75) is 26.3 Å². The zero-order chi connectivity index (χ0) is 13.4. The van der Waals surface area contributed by atoms with Crippen LogP contribution in [0.5, 0.6) is 0 Å². The third-order valence-corrected chi connectivity index (χ3v) is 3.65. The number of hydrogen-bond acceptors (Lipinski definition) is 2. The Morgan fingerprint density at radius 1 is 0.895 bits per heavy atom. The van der Waals surface area contributed by atoms with E-state index in [0.29, 0.717) is 0 Å². The molecule has 0 radical (unpaired) electrons. The van der Waals surface area contributed by atoms with Crippen LogP contribution < -0.4 is 11.5 Å². The Bertz CT molecular complexity index is 681. The first kappa shape index (κ1) is 11.9. The summed E-state index contributed by atoms with van der Waals surface area (Å²) in [7, 11) is 0. The predicted octanol–water partition coefficient (Wildman–Crippen LogP) is 3.76. The van der Waals surface area contributed by atoms with Crippen molar-refractivity contribution in [1.82, 2.24) is 4.57 Å². The fourth-order valence-electron chi connectivity index (χ4n) is 2.69. The summed E-state index contributed by atoms with van der Waals surface area (Å²) in [5, 5.41) is 2.50. The van der Waals surface area contributed by atoms with Gasteiger partial charge >= 0.3 is 0 Å². The van der Waals surface area contributed by atoms with Crippen LogP contribution in [0.2, 0.25) is 0 Å². The number of aromatic nitrogens is 1. The van der Waals surface area contributed by atoms with Gasteiger partial charge in [-0.3, -0.25) is 0 Å². The smallest absolute Gasteiger partial charge is 0.0512 e. The van der Waals surface area contributed by atoms with Crippen LogP contribution in [0.15, 0.2) is 36.4 Å². The first-order valence-electron chi connectivity index (χ1n) is 6.77. The molecule has 1 aromatic heterocycles. The van der Waals surface area contributed by atoms with Crippen molar-refractivity contribution in [2.75, 3.05) is 11.5 Å². The van der Waals surface area contributed by atoms with Crippen LogP contribution in [0.4, 0.5) is 11.4 Å². The van der Waals surface area contributed by atoms with E-state index in [4.69, 9.17) is 11.5 Å². The lowest BCUT2D eigenvalue weighted by Gasteiger charge is -2.07. The number of benzene rings is 2. The van der Waals surface area contributed by atoms with Crippen LogP contribution in [-0.2, 0) is 6.54 Å². The van der Waals surface area contributed by atoms with Gasteiger partial charge in [0.15, 0.2) is 0 Å². The van der Waals surface area contributed by atoms with Crippen LogP contribution >= 0.6 is 0 Å². The normalized spacial score (nSPS) is 11.4. The van der Waals surface area contributed by atoms with E-state index in [-0.39, 0.29) is 0 Å². The van der Waals surface area contributed by atoms with E-state index < -0.39 is 0 Å². The van der Waals surface area contributed by atoms with E-state index in [9.17, 15) is 0 Å². The number of aryl methyl sites for hydroxylation is 1. The monoisotopic (exact) mass is 253 g/mol.